The number of non-ortho nitro benzene ring substituents is 1. The van der Waals surface area contributed by atoms with E-state index in [2.05, 4.69) is 5.43 Å². The van der Waals surface area contributed by atoms with Gasteiger partial charge in [0, 0.05) is 29.3 Å². The van der Waals surface area contributed by atoms with Crippen molar-refractivity contribution in [3.8, 4) is 11.5 Å². The van der Waals surface area contributed by atoms with Crippen LogP contribution in [0.25, 0.3) is 6.08 Å². The number of nitro benzene ring substituents is 1. The first kappa shape index (κ1) is 21.3. The number of ether oxygens (including phenoxy) is 2. The minimum atomic E-state index is -0.621. The van der Waals surface area contributed by atoms with E-state index in [1.54, 1.807) is 24.3 Å². The van der Waals surface area contributed by atoms with Gasteiger partial charge in [-0.1, -0.05) is 11.8 Å². The van der Waals surface area contributed by atoms with Crippen LogP contribution in [0.3, 0.4) is 0 Å². The lowest BCUT2D eigenvalue weighted by Gasteiger charge is -2.15. The smallest absolute Gasteiger partial charge is 0.285 e. The maximum atomic E-state index is 12.7. The van der Waals surface area contributed by atoms with Gasteiger partial charge in [0.1, 0.15) is 11.5 Å². The van der Waals surface area contributed by atoms with Crippen molar-refractivity contribution in [3.05, 3.63) is 68.6 Å². The minimum Gasteiger partial charge on any atom is -0.497 e. The van der Waals surface area contributed by atoms with Crippen molar-refractivity contribution in [2.75, 3.05) is 14.2 Å². The highest BCUT2D eigenvalue weighted by molar-refractivity contribution is 8.26. The van der Waals surface area contributed by atoms with Gasteiger partial charge in [-0.05, 0) is 42.6 Å². The highest BCUT2D eigenvalue weighted by atomic mass is 32.2. The van der Waals surface area contributed by atoms with E-state index in [9.17, 15) is 19.7 Å². The topological polar surface area (TPSA) is 111 Å². The van der Waals surface area contributed by atoms with Crippen molar-refractivity contribution in [2.45, 2.75) is 0 Å². The summed E-state index contributed by atoms with van der Waals surface area (Å²) in [5, 5.41) is 11.7. The van der Waals surface area contributed by atoms with Crippen LogP contribution in [0.15, 0.2) is 47.4 Å². The number of thioether (sulfide) groups is 1. The van der Waals surface area contributed by atoms with Crippen molar-refractivity contribution in [3.63, 3.8) is 0 Å². The number of rotatable bonds is 6. The van der Waals surface area contributed by atoms with E-state index in [0.29, 0.717) is 22.0 Å². The average molecular weight is 445 g/mol. The van der Waals surface area contributed by atoms with Crippen molar-refractivity contribution in [1.29, 1.82) is 0 Å². The number of hydrogen-bond acceptors (Lipinski definition) is 8. The van der Waals surface area contributed by atoms with E-state index >= 15 is 0 Å². The molecule has 0 bridgehead atoms. The Labute approximate surface area is 180 Å². The van der Waals surface area contributed by atoms with Crippen LogP contribution in [-0.4, -0.2) is 40.3 Å². The number of thiocarbonyl (C=S) groups is 1. The Morgan fingerprint density at radius 1 is 1.20 bits per heavy atom. The van der Waals surface area contributed by atoms with Crippen molar-refractivity contribution in [2.24, 2.45) is 0 Å². The minimum absolute atomic E-state index is 0.145. The second kappa shape index (κ2) is 8.93. The lowest BCUT2D eigenvalue weighted by atomic mass is 10.1. The molecule has 2 amide bonds. The molecule has 2 aromatic carbocycles. The van der Waals surface area contributed by atoms with E-state index in [1.165, 1.54) is 38.5 Å². The van der Waals surface area contributed by atoms with E-state index in [-0.39, 0.29) is 15.6 Å². The first-order valence-corrected chi connectivity index (χ1v) is 9.62. The Bertz CT molecular complexity index is 1070. The van der Waals surface area contributed by atoms with Crippen molar-refractivity contribution >= 4 is 51.9 Å². The summed E-state index contributed by atoms with van der Waals surface area (Å²) in [7, 11) is 3.04. The molecule has 30 heavy (non-hydrogen) atoms. The van der Waals surface area contributed by atoms with Crippen LogP contribution in [0, 0.1) is 10.1 Å². The fraction of sp³-hybridized carbons (Fsp3) is 0.105. The highest BCUT2D eigenvalue weighted by Crippen LogP contribution is 2.34. The Morgan fingerprint density at radius 2 is 1.90 bits per heavy atom. The fourth-order valence-electron chi connectivity index (χ4n) is 2.54. The Balaban J connectivity index is 1.78. The number of carbonyl (C=O) groups is 2. The normalized spacial score (nSPS) is 14.7. The van der Waals surface area contributed by atoms with Gasteiger partial charge in [0.2, 0.25) is 0 Å². The molecule has 0 unspecified atom stereocenters. The zero-order chi connectivity index (χ0) is 21.8. The molecule has 2 aromatic rings. The second-order valence-electron chi connectivity index (χ2n) is 5.87. The number of nitrogens with zero attached hydrogens (tertiary/aromatic N) is 2. The van der Waals surface area contributed by atoms with Gasteiger partial charge in [-0.3, -0.25) is 25.1 Å². The molecule has 0 saturated carbocycles. The first-order chi connectivity index (χ1) is 14.3. The number of hydrazine groups is 1. The van der Waals surface area contributed by atoms with Gasteiger partial charge in [-0.2, -0.15) is 5.01 Å². The molecule has 154 valence electrons. The van der Waals surface area contributed by atoms with Crippen molar-refractivity contribution < 1.29 is 24.0 Å². The maximum absolute atomic E-state index is 12.7. The number of benzene rings is 2. The summed E-state index contributed by atoms with van der Waals surface area (Å²) in [6, 6.07) is 10.1. The van der Waals surface area contributed by atoms with Gasteiger partial charge in [-0.15, -0.1) is 0 Å². The molecule has 0 radical (unpaired) electrons. The molecule has 0 atom stereocenters. The molecule has 1 saturated heterocycles. The van der Waals surface area contributed by atoms with E-state index in [1.807, 2.05) is 0 Å². The molecule has 0 aliphatic carbocycles. The van der Waals surface area contributed by atoms with E-state index in [0.717, 1.165) is 16.8 Å². The Kier molecular flexibility index (Phi) is 6.33. The van der Waals surface area contributed by atoms with E-state index < -0.39 is 16.7 Å². The third-order valence-electron chi connectivity index (χ3n) is 4.07. The lowest BCUT2D eigenvalue weighted by Crippen LogP contribution is -2.44. The van der Waals surface area contributed by atoms with Crippen LogP contribution in [0.4, 0.5) is 5.69 Å². The van der Waals surface area contributed by atoms with Crippen LogP contribution in [0.2, 0.25) is 0 Å². The van der Waals surface area contributed by atoms with Crippen molar-refractivity contribution in [1.82, 2.24) is 10.4 Å². The summed E-state index contributed by atoms with van der Waals surface area (Å²) in [6.07, 6.45) is 1.61. The third-order valence-corrected chi connectivity index (χ3v) is 5.38. The summed E-state index contributed by atoms with van der Waals surface area (Å²) < 4.78 is 10.6. The number of amides is 2. The third kappa shape index (κ3) is 4.42. The monoisotopic (exact) mass is 445 g/mol. The summed E-state index contributed by atoms with van der Waals surface area (Å²) in [4.78, 5) is 35.6. The molecular formula is C19H15N3O6S2. The molecule has 1 aliphatic heterocycles. The van der Waals surface area contributed by atoms with Gasteiger partial charge in [0.25, 0.3) is 17.5 Å². The number of carbonyl (C=O) groups excluding carboxylic acids is 2. The first-order valence-electron chi connectivity index (χ1n) is 8.39. The molecule has 9 nitrogen and oxygen atoms in total. The predicted octanol–water partition coefficient (Wildman–Crippen LogP) is 3.16. The molecule has 1 aliphatic rings. The summed E-state index contributed by atoms with van der Waals surface area (Å²) in [6.45, 7) is 0. The number of methoxy groups -OCH3 is 2. The largest absolute Gasteiger partial charge is 0.497 e. The standard InChI is InChI=1S/C19H15N3O6S2/c1-27-14-8-5-12(15(10-14)28-2)9-16-18(24)21(19(29)30-16)20-17(23)11-3-6-13(7-4-11)22(25)26/h3-10H,1-2H3,(H,20,23)/b16-9+. The molecule has 1 heterocycles. The second-order valence-corrected chi connectivity index (χ2v) is 7.55. The zero-order valence-corrected chi connectivity index (χ0v) is 17.4. The SMILES string of the molecule is COc1ccc(/C=C2/SC(=S)N(NC(=O)c3ccc([N+](=O)[O-])cc3)C2=O)c(OC)c1. The molecule has 0 spiro atoms. The predicted molar refractivity (Wildman–Crippen MR) is 115 cm³/mol. The fourth-order valence-corrected chi connectivity index (χ4v) is 3.71. The van der Waals surface area contributed by atoms with Gasteiger partial charge < -0.3 is 9.47 Å². The summed E-state index contributed by atoms with van der Waals surface area (Å²) in [5.41, 5.74) is 3.07. The molecule has 1 fully saturated rings. The lowest BCUT2D eigenvalue weighted by molar-refractivity contribution is -0.384. The Hall–Kier alpha value is -3.44. The van der Waals surface area contributed by atoms with Gasteiger partial charge in [-0.25, -0.2) is 0 Å². The molecule has 3 rings (SSSR count). The maximum Gasteiger partial charge on any atom is 0.285 e. The average Bonchev–Trinajstić information content (AvgIpc) is 3.01. The van der Waals surface area contributed by atoms with Crippen LogP contribution >= 0.6 is 24.0 Å². The van der Waals surface area contributed by atoms with Gasteiger partial charge in [0.05, 0.1) is 24.0 Å². The van der Waals surface area contributed by atoms with Crippen LogP contribution in [-0.2, 0) is 4.79 Å². The summed E-state index contributed by atoms with van der Waals surface area (Å²) in [5.74, 6) is -0.0101. The van der Waals surface area contributed by atoms with Gasteiger partial charge >= 0.3 is 0 Å². The number of nitrogens with one attached hydrogen (secondary N) is 1. The molecule has 1 N–H and O–H groups in total. The highest BCUT2D eigenvalue weighted by Gasteiger charge is 2.34. The number of nitro groups is 1. The number of hydrogen-bond donors (Lipinski definition) is 1. The van der Waals surface area contributed by atoms with Crippen LogP contribution < -0.4 is 14.9 Å². The van der Waals surface area contributed by atoms with Crippen LogP contribution in [0.1, 0.15) is 15.9 Å². The van der Waals surface area contributed by atoms with Crippen LogP contribution in [0.5, 0.6) is 11.5 Å². The zero-order valence-electron chi connectivity index (χ0n) is 15.8. The Morgan fingerprint density at radius 3 is 2.50 bits per heavy atom. The molecule has 11 heteroatoms. The molecule has 0 aromatic heterocycles. The molecular weight excluding hydrogens is 430 g/mol. The van der Waals surface area contributed by atoms with E-state index in [4.69, 9.17) is 21.7 Å². The summed E-state index contributed by atoms with van der Waals surface area (Å²) >= 11 is 6.23. The van der Waals surface area contributed by atoms with Gasteiger partial charge in [0.15, 0.2) is 4.32 Å². The quantitative estimate of drug-likeness (QED) is 0.312.